The smallest absolute Gasteiger partial charge is 0.405 e. The highest BCUT2D eigenvalue weighted by Crippen LogP contribution is 2.29. The summed E-state index contributed by atoms with van der Waals surface area (Å²) in [6, 6.07) is 9.75. The molecule has 0 aliphatic carbocycles. The molecule has 2 aromatic carbocycles. The van der Waals surface area contributed by atoms with Crippen LogP contribution in [0.1, 0.15) is 0 Å². The molecule has 0 aliphatic rings. The van der Waals surface area contributed by atoms with E-state index in [1.165, 1.54) is 16.8 Å². The normalized spacial score (nSPS) is 12.1. The number of rotatable bonds is 3. The number of aryl methyl sites for hydroxylation is 1. The number of anilines is 1. The Morgan fingerprint density at radius 2 is 2.04 bits per heavy atom. The highest BCUT2D eigenvalue weighted by molar-refractivity contribution is 7.93. The lowest BCUT2D eigenvalue weighted by atomic mass is 10.2. The summed E-state index contributed by atoms with van der Waals surface area (Å²) in [7, 11) is -2.35. The van der Waals surface area contributed by atoms with Crippen molar-refractivity contribution >= 4 is 49.3 Å². The highest BCUT2D eigenvalue weighted by atomic mass is 35.5. The molecule has 0 saturated carbocycles. The van der Waals surface area contributed by atoms with Crippen LogP contribution >= 0.6 is 11.6 Å². The lowest BCUT2D eigenvalue weighted by molar-refractivity contribution is 0.528. The van der Waals surface area contributed by atoms with Crippen molar-refractivity contribution in [2.75, 3.05) is 4.72 Å². The van der Waals surface area contributed by atoms with Crippen LogP contribution < -0.4 is 10.5 Å². The fourth-order valence-corrected chi connectivity index (χ4v) is 4.14. The number of aromatic nitrogens is 2. The van der Waals surface area contributed by atoms with E-state index in [2.05, 4.69) is 9.71 Å². The summed E-state index contributed by atoms with van der Waals surface area (Å²) in [5, 5.41) is 1.01. The fourth-order valence-electron chi connectivity index (χ4n) is 2.72. The number of H-pyrrole nitrogens is 1. The number of hydrogen-bond acceptors (Lipinski definition) is 4. The van der Waals surface area contributed by atoms with Crippen molar-refractivity contribution in [2.45, 2.75) is 4.90 Å². The van der Waals surface area contributed by atoms with Crippen molar-refractivity contribution in [1.82, 2.24) is 9.55 Å². The Hall–Kier alpha value is -2.71. The van der Waals surface area contributed by atoms with Crippen molar-refractivity contribution in [2.24, 2.45) is 7.05 Å². The second-order valence-corrected chi connectivity index (χ2v) is 7.62. The van der Waals surface area contributed by atoms with Gasteiger partial charge in [-0.15, -0.1) is 0 Å². The number of aromatic amines is 1. The van der Waals surface area contributed by atoms with Crippen molar-refractivity contribution in [3.05, 3.63) is 58.2 Å². The molecule has 0 radical (unpaired) electrons. The van der Waals surface area contributed by atoms with Gasteiger partial charge in [0.2, 0.25) is 0 Å². The van der Waals surface area contributed by atoms with E-state index in [1.807, 2.05) is 0 Å². The van der Waals surface area contributed by atoms with Crippen molar-refractivity contribution < 1.29 is 12.8 Å². The monoisotopic (exact) mass is 377 g/mol. The molecule has 0 fully saturated rings. The number of para-hydroxylation sites is 1. The predicted octanol–water partition coefficient (Wildman–Crippen LogP) is 3.07. The Balaban J connectivity index is 1.84. The molecule has 2 heterocycles. The van der Waals surface area contributed by atoms with Crippen LogP contribution in [0.5, 0.6) is 0 Å². The van der Waals surface area contributed by atoms with Gasteiger partial charge in [0.1, 0.15) is 4.90 Å². The molecule has 0 amide bonds. The first-order valence-electron chi connectivity index (χ1n) is 7.25. The van der Waals surface area contributed by atoms with E-state index in [1.54, 1.807) is 37.4 Å². The third kappa shape index (κ3) is 2.50. The Labute approximate surface area is 146 Å². The number of benzene rings is 2. The topological polar surface area (TPSA) is 97.1 Å². The summed E-state index contributed by atoms with van der Waals surface area (Å²) in [4.78, 5) is 14.7. The van der Waals surface area contributed by atoms with Crippen LogP contribution in [0.2, 0.25) is 5.02 Å². The van der Waals surface area contributed by atoms with Crippen LogP contribution in [-0.4, -0.2) is 18.0 Å². The van der Waals surface area contributed by atoms with Crippen molar-refractivity contribution in [3.8, 4) is 0 Å². The SMILES string of the molecule is Cn1c(=O)oc2c(NS(=O)(=O)c3c[nH]c4cc(Cl)ccc34)cccc21. The van der Waals surface area contributed by atoms with Gasteiger partial charge >= 0.3 is 5.76 Å². The third-order valence-corrected chi connectivity index (χ3v) is 5.60. The lowest BCUT2D eigenvalue weighted by Crippen LogP contribution is -2.12. The maximum Gasteiger partial charge on any atom is 0.419 e. The summed E-state index contributed by atoms with van der Waals surface area (Å²) in [6.45, 7) is 0. The van der Waals surface area contributed by atoms with Gasteiger partial charge in [0, 0.05) is 29.2 Å². The number of halogens is 1. The molecule has 0 saturated heterocycles. The van der Waals surface area contributed by atoms with Crippen molar-refractivity contribution in [3.63, 3.8) is 0 Å². The largest absolute Gasteiger partial charge is 0.419 e. The number of hydrogen-bond donors (Lipinski definition) is 2. The van der Waals surface area contributed by atoms with E-state index < -0.39 is 15.8 Å². The van der Waals surface area contributed by atoms with E-state index in [9.17, 15) is 13.2 Å². The summed E-state index contributed by atoms with van der Waals surface area (Å²) in [5.74, 6) is -0.566. The third-order valence-electron chi connectivity index (χ3n) is 3.96. The molecule has 2 N–H and O–H groups in total. The van der Waals surface area contributed by atoms with E-state index in [0.29, 0.717) is 21.4 Å². The summed E-state index contributed by atoms with van der Waals surface area (Å²) in [6.07, 6.45) is 1.39. The standard InChI is InChI=1S/C16H12ClN3O4S/c1-20-13-4-2-3-11(15(13)24-16(20)21)19-25(22,23)14-8-18-12-7-9(17)5-6-10(12)14/h2-8,18-19H,1H3. The van der Waals surface area contributed by atoms with Crippen LogP contribution in [0.15, 0.2) is 56.7 Å². The van der Waals surface area contributed by atoms with Crippen LogP contribution in [0.3, 0.4) is 0 Å². The molecule has 2 aromatic heterocycles. The second-order valence-electron chi connectivity index (χ2n) is 5.53. The molecule has 0 bridgehead atoms. The Kier molecular flexibility index (Phi) is 3.41. The summed E-state index contributed by atoms with van der Waals surface area (Å²) >= 11 is 5.93. The second kappa shape index (κ2) is 5.40. The van der Waals surface area contributed by atoms with Gasteiger partial charge in [-0.05, 0) is 30.3 Å². The molecule has 7 nitrogen and oxygen atoms in total. The molecule has 0 atom stereocenters. The van der Waals surface area contributed by atoms with E-state index >= 15 is 0 Å². The van der Waals surface area contributed by atoms with E-state index in [4.69, 9.17) is 16.0 Å². The molecular formula is C16H12ClN3O4S. The van der Waals surface area contributed by atoms with Gasteiger partial charge in [0.25, 0.3) is 10.0 Å². The van der Waals surface area contributed by atoms with Crippen LogP contribution in [-0.2, 0) is 17.1 Å². The first-order chi connectivity index (χ1) is 11.9. The average Bonchev–Trinajstić information content (AvgIpc) is 3.10. The fraction of sp³-hybridized carbons (Fsp3) is 0.0625. The maximum atomic E-state index is 12.8. The van der Waals surface area contributed by atoms with E-state index in [0.717, 1.165) is 0 Å². The van der Waals surface area contributed by atoms with Gasteiger partial charge in [-0.3, -0.25) is 9.29 Å². The van der Waals surface area contributed by atoms with Gasteiger partial charge < -0.3 is 9.40 Å². The first kappa shape index (κ1) is 15.8. The van der Waals surface area contributed by atoms with Crippen LogP contribution in [0.25, 0.3) is 22.0 Å². The number of oxazole rings is 1. The number of fused-ring (bicyclic) bond motifs is 2. The number of sulfonamides is 1. The molecule has 9 heteroatoms. The first-order valence-corrected chi connectivity index (χ1v) is 9.11. The zero-order valence-corrected chi connectivity index (χ0v) is 14.5. The molecule has 0 aliphatic heterocycles. The average molecular weight is 378 g/mol. The maximum absolute atomic E-state index is 12.8. The predicted molar refractivity (Wildman–Crippen MR) is 95.6 cm³/mol. The minimum absolute atomic E-state index is 0.0782. The minimum atomic E-state index is -3.90. The molecule has 25 heavy (non-hydrogen) atoms. The quantitative estimate of drug-likeness (QED) is 0.573. The van der Waals surface area contributed by atoms with Gasteiger partial charge in [0.05, 0.1) is 11.2 Å². The Morgan fingerprint density at radius 1 is 1.24 bits per heavy atom. The minimum Gasteiger partial charge on any atom is -0.405 e. The zero-order valence-electron chi connectivity index (χ0n) is 12.9. The van der Waals surface area contributed by atoms with Crippen molar-refractivity contribution in [1.29, 1.82) is 0 Å². The molecule has 128 valence electrons. The van der Waals surface area contributed by atoms with E-state index in [-0.39, 0.29) is 16.2 Å². The van der Waals surface area contributed by atoms with Crippen LogP contribution in [0.4, 0.5) is 5.69 Å². The Morgan fingerprint density at radius 3 is 2.84 bits per heavy atom. The van der Waals surface area contributed by atoms with Gasteiger partial charge in [-0.1, -0.05) is 17.7 Å². The highest BCUT2D eigenvalue weighted by Gasteiger charge is 2.21. The molecular weight excluding hydrogens is 366 g/mol. The number of nitrogens with one attached hydrogen (secondary N) is 2. The lowest BCUT2D eigenvalue weighted by Gasteiger charge is -2.07. The molecule has 4 rings (SSSR count). The van der Waals surface area contributed by atoms with Gasteiger partial charge in [-0.25, -0.2) is 13.2 Å². The summed E-state index contributed by atoms with van der Waals surface area (Å²) in [5.41, 5.74) is 1.48. The van der Waals surface area contributed by atoms with Gasteiger partial charge in [0.15, 0.2) is 5.58 Å². The number of nitrogens with zero attached hydrogens (tertiary/aromatic N) is 1. The molecule has 0 unspecified atom stereocenters. The van der Waals surface area contributed by atoms with Gasteiger partial charge in [-0.2, -0.15) is 0 Å². The van der Waals surface area contributed by atoms with Crippen LogP contribution in [0, 0.1) is 0 Å². The molecule has 4 aromatic rings. The zero-order chi connectivity index (χ0) is 17.8. The summed E-state index contributed by atoms with van der Waals surface area (Å²) < 4.78 is 34.6. The molecule has 0 spiro atoms. The Bertz CT molecular complexity index is 1280.